The molecule has 0 radical (unpaired) electrons. The van der Waals surface area contributed by atoms with Crippen molar-refractivity contribution in [1.29, 1.82) is 0 Å². The second-order valence-corrected chi connectivity index (χ2v) is 12.5. The summed E-state index contributed by atoms with van der Waals surface area (Å²) < 4.78 is 4.98. The van der Waals surface area contributed by atoms with E-state index < -0.39 is 5.60 Å². The molecule has 1 saturated carbocycles. The first-order valence-corrected chi connectivity index (χ1v) is 15.1. The first kappa shape index (κ1) is 29.1. The molecular formula is C35H40N4O4. The van der Waals surface area contributed by atoms with Crippen LogP contribution in [0.2, 0.25) is 0 Å². The molecule has 2 fully saturated rings. The number of nitrogens with zero attached hydrogens (tertiary/aromatic N) is 3. The number of ether oxygens (including phenoxy) is 1. The van der Waals surface area contributed by atoms with Crippen molar-refractivity contribution in [3.05, 3.63) is 91.5 Å². The van der Waals surface area contributed by atoms with Gasteiger partial charge >= 0.3 is 5.97 Å². The lowest BCUT2D eigenvalue weighted by Crippen LogP contribution is -2.23. The average Bonchev–Trinajstić information content (AvgIpc) is 3.68. The van der Waals surface area contributed by atoms with E-state index in [1.165, 1.54) is 7.11 Å². The van der Waals surface area contributed by atoms with Crippen molar-refractivity contribution in [2.45, 2.75) is 79.8 Å². The predicted octanol–water partition coefficient (Wildman–Crippen LogP) is 6.38. The molecule has 0 spiro atoms. The number of aliphatic imine (C=N–C) groups is 3. The second kappa shape index (κ2) is 10.3. The summed E-state index contributed by atoms with van der Waals surface area (Å²) in [5, 5.41) is 26.2. The normalized spacial score (nSPS) is 29.0. The lowest BCUT2D eigenvalue weighted by molar-refractivity contribution is -0.140. The van der Waals surface area contributed by atoms with Gasteiger partial charge in [0.25, 0.3) is 0 Å². The molecule has 5 aliphatic heterocycles. The number of aliphatic hydroxyl groups is 2. The molecule has 8 bridgehead atoms. The fourth-order valence-corrected chi connectivity index (χ4v) is 7.42. The van der Waals surface area contributed by atoms with Crippen molar-refractivity contribution in [1.82, 2.24) is 5.32 Å². The van der Waals surface area contributed by atoms with E-state index in [0.717, 1.165) is 79.8 Å². The number of carbonyl (C=O) groups excluding carboxylic acids is 1. The van der Waals surface area contributed by atoms with Gasteiger partial charge in [0.1, 0.15) is 0 Å². The highest BCUT2D eigenvalue weighted by atomic mass is 16.5. The second-order valence-electron chi connectivity index (χ2n) is 12.5. The van der Waals surface area contributed by atoms with Gasteiger partial charge in [-0.3, -0.25) is 4.79 Å². The Labute approximate surface area is 253 Å². The molecule has 6 aliphatic rings. The quantitative estimate of drug-likeness (QED) is 0.264. The van der Waals surface area contributed by atoms with Crippen LogP contribution < -0.4 is 5.32 Å². The number of carbonyl (C=O) groups is 1. The van der Waals surface area contributed by atoms with E-state index in [2.05, 4.69) is 32.2 Å². The highest BCUT2D eigenvalue weighted by Gasteiger charge is 2.48. The summed E-state index contributed by atoms with van der Waals surface area (Å²) in [5.41, 5.74) is 12.2. The number of allylic oxidation sites excluding steroid dienone is 11. The summed E-state index contributed by atoms with van der Waals surface area (Å²) >= 11 is 0. The molecule has 8 heteroatoms. The van der Waals surface area contributed by atoms with E-state index in [9.17, 15) is 15.0 Å². The van der Waals surface area contributed by atoms with Gasteiger partial charge in [0.2, 0.25) is 0 Å². The smallest absolute Gasteiger partial charge is 0.305 e. The Morgan fingerprint density at radius 1 is 1.07 bits per heavy atom. The van der Waals surface area contributed by atoms with E-state index in [1.54, 1.807) is 6.92 Å². The van der Waals surface area contributed by atoms with E-state index in [0.29, 0.717) is 24.1 Å². The van der Waals surface area contributed by atoms with Gasteiger partial charge in [0.05, 0.1) is 52.7 Å². The molecule has 1 saturated heterocycles. The van der Waals surface area contributed by atoms with Crippen LogP contribution in [0.1, 0.15) is 74.1 Å². The first-order chi connectivity index (χ1) is 20.4. The molecule has 0 aromatic rings. The Morgan fingerprint density at radius 2 is 1.77 bits per heavy atom. The molecule has 8 nitrogen and oxygen atoms in total. The van der Waals surface area contributed by atoms with Crippen molar-refractivity contribution in [2.75, 3.05) is 7.11 Å². The number of rotatable bonds is 4. The number of nitrogens with one attached hydrogen (secondary N) is 1. The van der Waals surface area contributed by atoms with Crippen LogP contribution in [0.4, 0.5) is 0 Å². The molecule has 6 rings (SSSR count). The molecular weight excluding hydrogens is 540 g/mol. The van der Waals surface area contributed by atoms with Crippen molar-refractivity contribution < 1.29 is 19.7 Å². The van der Waals surface area contributed by atoms with Gasteiger partial charge in [-0.1, -0.05) is 13.8 Å². The van der Waals surface area contributed by atoms with Crippen LogP contribution in [0, 0.1) is 11.8 Å². The molecule has 0 amide bonds. The fourth-order valence-electron chi connectivity index (χ4n) is 7.42. The summed E-state index contributed by atoms with van der Waals surface area (Å²) in [5.74, 6) is -0.0108. The minimum absolute atomic E-state index is 0.0117. The van der Waals surface area contributed by atoms with E-state index >= 15 is 0 Å². The largest absolute Gasteiger partial charge is 0.512 e. The van der Waals surface area contributed by atoms with Crippen LogP contribution in [0.5, 0.6) is 0 Å². The predicted molar refractivity (Wildman–Crippen MR) is 170 cm³/mol. The van der Waals surface area contributed by atoms with E-state index in [-0.39, 0.29) is 30.0 Å². The Kier molecular flexibility index (Phi) is 6.96. The number of hydrogen-bond acceptors (Lipinski definition) is 8. The monoisotopic (exact) mass is 580 g/mol. The Hall–Kier alpha value is -4.04. The first-order valence-electron chi connectivity index (χ1n) is 15.1. The van der Waals surface area contributed by atoms with Crippen molar-refractivity contribution >= 4 is 23.1 Å². The highest BCUT2D eigenvalue weighted by molar-refractivity contribution is 6.22. The summed E-state index contributed by atoms with van der Waals surface area (Å²) in [7, 11) is 1.41. The standard InChI is InChI=1S/C35H40N4O4/c1-9-21-16(2)24-14-29-31(20(6)40)18(4)26(37-29)12-25-17(3)22(10-11-30(41)43-8)33(38-25)23-15-35(7,42)32-19(5)27(39-34(23)32)13-28(21)36-24/h12-14,17,22,38,40,42H,9-11,15H2,1-8H3/t17-,22-,35+/m0/s1. The molecule has 0 aromatic carbocycles. The molecule has 5 heterocycles. The van der Waals surface area contributed by atoms with Gasteiger partial charge in [0, 0.05) is 52.8 Å². The minimum Gasteiger partial charge on any atom is -0.512 e. The minimum atomic E-state index is -1.08. The summed E-state index contributed by atoms with van der Waals surface area (Å²) in [6.45, 7) is 13.9. The topological polar surface area (TPSA) is 116 Å². The van der Waals surface area contributed by atoms with Crippen LogP contribution in [0.25, 0.3) is 0 Å². The molecule has 0 unspecified atom stereocenters. The van der Waals surface area contributed by atoms with Crippen LogP contribution in [-0.4, -0.2) is 46.0 Å². The summed E-state index contributed by atoms with van der Waals surface area (Å²) in [6.07, 6.45) is 8.16. The number of esters is 1. The molecule has 3 atom stereocenters. The summed E-state index contributed by atoms with van der Waals surface area (Å²) in [6, 6.07) is 0. The Morgan fingerprint density at radius 3 is 2.44 bits per heavy atom. The van der Waals surface area contributed by atoms with Crippen LogP contribution >= 0.6 is 0 Å². The third kappa shape index (κ3) is 4.54. The van der Waals surface area contributed by atoms with Crippen LogP contribution in [0.15, 0.2) is 106 Å². The van der Waals surface area contributed by atoms with Gasteiger partial charge in [-0.25, -0.2) is 15.0 Å². The van der Waals surface area contributed by atoms with Gasteiger partial charge in [-0.2, -0.15) is 0 Å². The molecule has 3 N–H and O–H groups in total. The third-order valence-electron chi connectivity index (χ3n) is 9.73. The van der Waals surface area contributed by atoms with Crippen molar-refractivity contribution in [2.24, 2.45) is 26.8 Å². The lowest BCUT2D eigenvalue weighted by atomic mass is 9.86. The lowest BCUT2D eigenvalue weighted by Gasteiger charge is -2.19. The zero-order valence-electron chi connectivity index (χ0n) is 26.3. The maximum absolute atomic E-state index is 12.2. The Balaban J connectivity index is 1.63. The maximum Gasteiger partial charge on any atom is 0.305 e. The zero-order chi connectivity index (χ0) is 31.0. The number of methoxy groups -OCH3 is 1. The van der Waals surface area contributed by atoms with Crippen LogP contribution in [0.3, 0.4) is 0 Å². The highest BCUT2D eigenvalue weighted by Crippen LogP contribution is 2.49. The van der Waals surface area contributed by atoms with Gasteiger partial charge in [0.15, 0.2) is 0 Å². The van der Waals surface area contributed by atoms with Gasteiger partial charge in [-0.05, 0) is 88.0 Å². The van der Waals surface area contributed by atoms with Gasteiger partial charge < -0.3 is 20.3 Å². The SMILES string of the molecule is CCC1=C(C)C2=CC3=NC(=C(C)C3=C(C)O)C=C3NC(=C4C[C@@](C)(O)C5=C(C)C(=CC1=N2)N=C45)[C@@H](CCC(=O)OC)[C@@H]3C. The molecule has 0 aromatic heterocycles. The van der Waals surface area contributed by atoms with Crippen molar-refractivity contribution in [3.63, 3.8) is 0 Å². The maximum atomic E-state index is 12.2. The number of fused-ring (bicyclic) bond motifs is 5. The zero-order valence-corrected chi connectivity index (χ0v) is 26.3. The Bertz CT molecular complexity index is 1720. The molecule has 43 heavy (non-hydrogen) atoms. The third-order valence-corrected chi connectivity index (χ3v) is 9.73. The molecule has 224 valence electrons. The van der Waals surface area contributed by atoms with Gasteiger partial charge in [-0.15, -0.1) is 0 Å². The number of aliphatic hydroxyl groups excluding tert-OH is 1. The average molecular weight is 581 g/mol. The van der Waals surface area contributed by atoms with E-state index in [4.69, 9.17) is 19.7 Å². The van der Waals surface area contributed by atoms with E-state index in [1.807, 2.05) is 32.9 Å². The number of hydrogen-bond donors (Lipinski definition) is 3. The van der Waals surface area contributed by atoms with Crippen molar-refractivity contribution in [3.8, 4) is 0 Å². The molecule has 1 aliphatic carbocycles. The summed E-state index contributed by atoms with van der Waals surface area (Å²) in [4.78, 5) is 27.4. The fraction of sp³-hybridized carbons (Fsp3) is 0.429. The van der Waals surface area contributed by atoms with Crippen LogP contribution in [-0.2, 0) is 9.53 Å².